The largest absolute Gasteiger partial charge is 0.282 e. The second kappa shape index (κ2) is 5.10. The van der Waals surface area contributed by atoms with E-state index in [-0.39, 0.29) is 5.24 Å². The van der Waals surface area contributed by atoms with E-state index >= 15 is 0 Å². The first-order chi connectivity index (χ1) is 3.73. The maximum absolute atomic E-state index is 9.21. The van der Waals surface area contributed by atoms with Crippen molar-refractivity contribution in [2.75, 3.05) is 0 Å². The smallest absolute Gasteiger partial charge is 0.218 e. The summed E-state index contributed by atoms with van der Waals surface area (Å²) < 4.78 is 0. The Balaban J connectivity index is 0.000000122. The average molecular weight is 135 g/mol. The molecule has 0 spiro atoms. The van der Waals surface area contributed by atoms with Gasteiger partial charge in [0.25, 0.3) is 0 Å². The Morgan fingerprint density at radius 2 is 1.38 bits per heavy atom. The molecule has 1 rings (SSSR count). The molecule has 0 aliphatic heterocycles. The summed E-state index contributed by atoms with van der Waals surface area (Å²) in [5.74, 6) is 0. The summed E-state index contributed by atoms with van der Waals surface area (Å²) in [7, 11) is 0. The highest BCUT2D eigenvalue weighted by molar-refractivity contribution is 6.62. The van der Waals surface area contributed by atoms with Gasteiger partial charge in [-0.1, -0.05) is 25.7 Å². The lowest BCUT2D eigenvalue weighted by molar-refractivity contribution is -0.109. The average Bonchev–Trinajstić information content (AvgIpc) is 1.19. The van der Waals surface area contributed by atoms with Gasteiger partial charge in [0.15, 0.2) is 0 Å². The van der Waals surface area contributed by atoms with Crippen LogP contribution in [0.3, 0.4) is 0 Å². The third-order valence-corrected chi connectivity index (χ3v) is 1.000. The summed E-state index contributed by atoms with van der Waals surface area (Å²) in [4.78, 5) is 9.21. The number of carbonyl (C=O) groups excluding carboxylic acids is 1. The van der Waals surface area contributed by atoms with Crippen LogP contribution >= 0.6 is 11.6 Å². The Labute approximate surface area is 55.0 Å². The van der Waals surface area contributed by atoms with Crippen molar-refractivity contribution < 1.29 is 4.79 Å². The van der Waals surface area contributed by atoms with E-state index < -0.39 is 0 Å². The fraction of sp³-hybridized carbons (Fsp3) is 0.833. The maximum Gasteiger partial charge on any atom is 0.218 e. The van der Waals surface area contributed by atoms with Crippen LogP contribution < -0.4 is 0 Å². The highest BCUT2D eigenvalue weighted by Crippen LogP contribution is 2.15. The van der Waals surface area contributed by atoms with Crippen LogP contribution in [0.15, 0.2) is 0 Å². The number of carbonyl (C=O) groups is 1. The number of hydrogen-bond donors (Lipinski definition) is 0. The van der Waals surface area contributed by atoms with E-state index in [0.717, 1.165) is 0 Å². The lowest BCUT2D eigenvalue weighted by Gasteiger charge is -2.05. The molecule has 0 aromatic heterocycles. The first-order valence-corrected chi connectivity index (χ1v) is 3.27. The van der Waals surface area contributed by atoms with E-state index in [0.29, 0.717) is 0 Å². The molecule has 2 heteroatoms. The van der Waals surface area contributed by atoms with Gasteiger partial charge in [-0.25, -0.2) is 0 Å². The molecular formula is C6H11ClO. The molecule has 8 heavy (non-hydrogen) atoms. The minimum atomic E-state index is -0.361. The van der Waals surface area contributed by atoms with Crippen molar-refractivity contribution >= 4 is 16.8 Å². The van der Waals surface area contributed by atoms with Crippen LogP contribution in [-0.4, -0.2) is 5.24 Å². The van der Waals surface area contributed by atoms with Crippen molar-refractivity contribution in [3.8, 4) is 0 Å². The minimum absolute atomic E-state index is 0.361. The highest BCUT2D eigenvalue weighted by atomic mass is 35.5. The third-order valence-electron chi connectivity index (χ3n) is 1.000. The summed E-state index contributed by atoms with van der Waals surface area (Å²) in [5.41, 5.74) is 0. The van der Waals surface area contributed by atoms with Gasteiger partial charge in [-0.3, -0.25) is 4.79 Å². The molecule has 1 nitrogen and oxygen atoms in total. The minimum Gasteiger partial charge on any atom is -0.282 e. The van der Waals surface area contributed by atoms with Crippen molar-refractivity contribution in [1.82, 2.24) is 0 Å². The van der Waals surface area contributed by atoms with Gasteiger partial charge in [0, 0.05) is 6.92 Å². The monoisotopic (exact) mass is 134 g/mol. The summed E-state index contributed by atoms with van der Waals surface area (Å²) in [6, 6.07) is 0. The van der Waals surface area contributed by atoms with Crippen LogP contribution in [0.5, 0.6) is 0 Å². The highest BCUT2D eigenvalue weighted by Gasteiger charge is 1.95. The van der Waals surface area contributed by atoms with Crippen LogP contribution in [0.4, 0.5) is 0 Å². The lowest BCUT2D eigenvalue weighted by atomic mass is 10.0. The van der Waals surface area contributed by atoms with Crippen LogP contribution in [0.25, 0.3) is 0 Å². The zero-order valence-corrected chi connectivity index (χ0v) is 5.87. The molecule has 1 saturated carbocycles. The standard InChI is InChI=1S/C4H8.C2H3ClO/c1-2-4-3-1;1-2(3)4/h1-4H2;1H3. The SMILES string of the molecule is C1CCC1.CC(=O)Cl. The summed E-state index contributed by atoms with van der Waals surface area (Å²) in [6.45, 7) is 1.29. The van der Waals surface area contributed by atoms with Gasteiger partial charge >= 0.3 is 0 Å². The fourth-order valence-electron chi connectivity index (χ4n) is 0.250. The molecule has 0 N–H and O–H groups in total. The molecule has 1 aliphatic carbocycles. The second-order valence-corrected chi connectivity index (χ2v) is 2.42. The predicted molar refractivity (Wildman–Crippen MR) is 35.0 cm³/mol. The molecule has 1 fully saturated rings. The van der Waals surface area contributed by atoms with Crippen LogP contribution in [0.2, 0.25) is 0 Å². The number of hydrogen-bond acceptors (Lipinski definition) is 1. The van der Waals surface area contributed by atoms with Crippen molar-refractivity contribution in [3.63, 3.8) is 0 Å². The van der Waals surface area contributed by atoms with Crippen molar-refractivity contribution in [3.05, 3.63) is 0 Å². The topological polar surface area (TPSA) is 17.1 Å². The lowest BCUT2D eigenvalue weighted by Crippen LogP contribution is -1.85. The van der Waals surface area contributed by atoms with Crippen molar-refractivity contribution in [2.24, 2.45) is 0 Å². The predicted octanol–water partition coefficient (Wildman–Crippen LogP) is 2.33. The molecule has 0 unspecified atom stereocenters. The normalized spacial score (nSPS) is 15.2. The Hall–Kier alpha value is -0.0400. The van der Waals surface area contributed by atoms with Gasteiger partial charge in [-0.05, 0) is 11.6 Å². The van der Waals surface area contributed by atoms with Crippen molar-refractivity contribution in [1.29, 1.82) is 0 Å². The van der Waals surface area contributed by atoms with E-state index in [9.17, 15) is 4.79 Å². The molecule has 0 aromatic carbocycles. The zero-order chi connectivity index (χ0) is 6.41. The second-order valence-electron chi connectivity index (χ2n) is 1.88. The molecular weight excluding hydrogens is 124 g/mol. The summed E-state index contributed by atoms with van der Waals surface area (Å²) in [6.07, 6.45) is 6.00. The fourth-order valence-corrected chi connectivity index (χ4v) is 0.250. The van der Waals surface area contributed by atoms with E-state index in [1.165, 1.54) is 32.6 Å². The molecule has 0 atom stereocenters. The third kappa shape index (κ3) is 9.35. The zero-order valence-electron chi connectivity index (χ0n) is 5.11. The number of rotatable bonds is 0. The number of halogens is 1. The quantitative estimate of drug-likeness (QED) is 0.465. The van der Waals surface area contributed by atoms with E-state index in [1.807, 2.05) is 0 Å². The van der Waals surface area contributed by atoms with Gasteiger partial charge in [0.05, 0.1) is 0 Å². The Bertz CT molecular complexity index is 58.9. The molecule has 0 aromatic rings. The Kier molecular flexibility index (Phi) is 5.08. The van der Waals surface area contributed by atoms with Crippen LogP contribution in [0.1, 0.15) is 32.6 Å². The van der Waals surface area contributed by atoms with Gasteiger partial charge in [0.1, 0.15) is 0 Å². The first kappa shape index (κ1) is 7.96. The van der Waals surface area contributed by atoms with Gasteiger partial charge in [-0.2, -0.15) is 0 Å². The van der Waals surface area contributed by atoms with Gasteiger partial charge in [-0.15, -0.1) is 0 Å². The molecule has 0 amide bonds. The van der Waals surface area contributed by atoms with E-state index in [2.05, 4.69) is 11.6 Å². The maximum atomic E-state index is 9.21. The van der Waals surface area contributed by atoms with E-state index in [1.54, 1.807) is 0 Å². The Morgan fingerprint density at radius 3 is 1.38 bits per heavy atom. The molecule has 0 saturated heterocycles. The first-order valence-electron chi connectivity index (χ1n) is 2.89. The van der Waals surface area contributed by atoms with E-state index in [4.69, 9.17) is 0 Å². The summed E-state index contributed by atoms with van der Waals surface area (Å²) >= 11 is 4.64. The summed E-state index contributed by atoms with van der Waals surface area (Å²) in [5, 5.41) is -0.361. The van der Waals surface area contributed by atoms with Crippen LogP contribution in [0, 0.1) is 0 Å². The molecule has 48 valence electrons. The Morgan fingerprint density at radius 1 is 1.25 bits per heavy atom. The van der Waals surface area contributed by atoms with Gasteiger partial charge in [0.2, 0.25) is 5.24 Å². The van der Waals surface area contributed by atoms with Gasteiger partial charge < -0.3 is 0 Å². The molecule has 1 aliphatic rings. The van der Waals surface area contributed by atoms with Crippen LogP contribution in [-0.2, 0) is 4.79 Å². The van der Waals surface area contributed by atoms with Crippen molar-refractivity contribution in [2.45, 2.75) is 32.6 Å². The molecule has 0 radical (unpaired) electrons. The molecule has 0 heterocycles. The molecule has 0 bridgehead atoms.